The van der Waals surface area contributed by atoms with Gasteiger partial charge in [-0.25, -0.2) is 8.42 Å². The molecule has 2 saturated heterocycles. The molecule has 2 aliphatic heterocycles. The number of nitrogens with zero attached hydrogens (tertiary/aromatic N) is 1. The summed E-state index contributed by atoms with van der Waals surface area (Å²) in [5.41, 5.74) is 0. The van der Waals surface area contributed by atoms with Crippen molar-refractivity contribution in [2.45, 2.75) is 54.3 Å². The van der Waals surface area contributed by atoms with E-state index in [2.05, 4.69) is 0 Å². The molecule has 3 rings (SSSR count). The van der Waals surface area contributed by atoms with E-state index < -0.39 is 10.0 Å². The van der Waals surface area contributed by atoms with Gasteiger partial charge in [0.2, 0.25) is 0 Å². The van der Waals surface area contributed by atoms with Crippen molar-refractivity contribution < 1.29 is 8.42 Å². The molecule has 0 radical (unpaired) electrons. The van der Waals surface area contributed by atoms with E-state index in [-0.39, 0.29) is 17.5 Å². The molecule has 2 unspecified atom stereocenters. The number of halogens is 1. The second kappa shape index (κ2) is 4.47. The standard InChI is InChI=1S/C12H16ClNO2S2/c1-8-2-5-12(17-8)18(15,16)14-10-3-4-11(14)7-9(13)6-10/h2,5,9-11H,3-4,6-7H2,1H3. The van der Waals surface area contributed by atoms with Crippen LogP contribution in [0.3, 0.4) is 0 Å². The summed E-state index contributed by atoms with van der Waals surface area (Å²) in [4.78, 5) is 1.04. The van der Waals surface area contributed by atoms with Crippen molar-refractivity contribution in [1.29, 1.82) is 0 Å². The third-order valence-electron chi connectivity index (χ3n) is 3.86. The van der Waals surface area contributed by atoms with Crippen molar-refractivity contribution in [2.75, 3.05) is 0 Å². The fraction of sp³-hybridized carbons (Fsp3) is 0.667. The molecule has 100 valence electrons. The third kappa shape index (κ3) is 2.01. The van der Waals surface area contributed by atoms with E-state index in [1.165, 1.54) is 11.3 Å². The molecule has 18 heavy (non-hydrogen) atoms. The van der Waals surface area contributed by atoms with E-state index in [1.807, 2.05) is 13.0 Å². The van der Waals surface area contributed by atoms with Crippen LogP contribution in [0.15, 0.2) is 16.3 Å². The molecule has 0 aromatic carbocycles. The molecular weight excluding hydrogens is 290 g/mol. The van der Waals surface area contributed by atoms with Gasteiger partial charge in [-0.2, -0.15) is 4.31 Å². The predicted molar refractivity (Wildman–Crippen MR) is 73.8 cm³/mol. The first-order valence-electron chi connectivity index (χ1n) is 6.22. The number of sulfonamides is 1. The van der Waals surface area contributed by atoms with E-state index >= 15 is 0 Å². The highest BCUT2D eigenvalue weighted by Crippen LogP contribution is 2.42. The molecule has 2 atom stereocenters. The second-order valence-corrected chi connectivity index (χ2v) is 9.13. The van der Waals surface area contributed by atoms with Crippen molar-refractivity contribution >= 4 is 33.0 Å². The lowest BCUT2D eigenvalue weighted by atomic mass is 10.1. The molecule has 3 nitrogen and oxygen atoms in total. The fourth-order valence-electron chi connectivity index (χ4n) is 3.11. The van der Waals surface area contributed by atoms with Gasteiger partial charge >= 0.3 is 0 Å². The number of thiophene rings is 1. The van der Waals surface area contributed by atoms with Gasteiger partial charge in [0.15, 0.2) is 0 Å². The maximum atomic E-state index is 12.7. The SMILES string of the molecule is Cc1ccc(S(=O)(=O)N2C3CCC2CC(Cl)C3)s1. The lowest BCUT2D eigenvalue weighted by molar-refractivity contribution is 0.252. The van der Waals surface area contributed by atoms with E-state index in [4.69, 9.17) is 11.6 Å². The highest BCUT2D eigenvalue weighted by atomic mass is 35.5. The van der Waals surface area contributed by atoms with Crippen LogP contribution in [0.25, 0.3) is 0 Å². The molecule has 2 bridgehead atoms. The van der Waals surface area contributed by atoms with Gasteiger partial charge in [0, 0.05) is 22.3 Å². The summed E-state index contributed by atoms with van der Waals surface area (Å²) in [7, 11) is -3.31. The highest BCUT2D eigenvalue weighted by Gasteiger charge is 2.47. The Labute approximate surface area is 117 Å². The maximum absolute atomic E-state index is 12.7. The maximum Gasteiger partial charge on any atom is 0.253 e. The number of alkyl halides is 1. The van der Waals surface area contributed by atoms with Crippen LogP contribution in [0.4, 0.5) is 0 Å². The van der Waals surface area contributed by atoms with Crippen LogP contribution in [0.2, 0.25) is 0 Å². The summed E-state index contributed by atoms with van der Waals surface area (Å²) in [5.74, 6) is 0. The largest absolute Gasteiger partial charge is 0.253 e. The number of rotatable bonds is 2. The summed E-state index contributed by atoms with van der Waals surface area (Å²) in [6.45, 7) is 1.93. The number of fused-ring (bicyclic) bond motifs is 2. The molecule has 0 spiro atoms. The zero-order valence-corrected chi connectivity index (χ0v) is 12.6. The van der Waals surface area contributed by atoms with Gasteiger partial charge in [-0.1, -0.05) is 0 Å². The first-order valence-corrected chi connectivity index (χ1v) is 8.92. The topological polar surface area (TPSA) is 37.4 Å². The predicted octanol–water partition coefficient (Wildman–Crippen LogP) is 2.98. The van der Waals surface area contributed by atoms with E-state index in [0.29, 0.717) is 4.21 Å². The van der Waals surface area contributed by atoms with Crippen LogP contribution in [0.5, 0.6) is 0 Å². The molecule has 1 aromatic rings. The Hall–Kier alpha value is -0.100. The van der Waals surface area contributed by atoms with Crippen LogP contribution < -0.4 is 0 Å². The minimum Gasteiger partial charge on any atom is -0.206 e. The highest BCUT2D eigenvalue weighted by molar-refractivity contribution is 7.91. The minimum absolute atomic E-state index is 0.110. The summed E-state index contributed by atoms with van der Waals surface area (Å²) >= 11 is 7.55. The summed E-state index contributed by atoms with van der Waals surface area (Å²) in [6, 6.07) is 3.81. The van der Waals surface area contributed by atoms with Crippen LogP contribution >= 0.6 is 22.9 Å². The van der Waals surface area contributed by atoms with Crippen LogP contribution in [0, 0.1) is 6.92 Å². The normalized spacial score (nSPS) is 32.9. The third-order valence-corrected chi connectivity index (χ3v) is 7.69. The van der Waals surface area contributed by atoms with Crippen LogP contribution in [-0.2, 0) is 10.0 Å². The fourth-order valence-corrected chi connectivity index (χ4v) is 6.81. The average molecular weight is 306 g/mol. The minimum atomic E-state index is -3.31. The second-order valence-electron chi connectivity index (χ2n) is 5.15. The molecule has 0 aliphatic carbocycles. The van der Waals surface area contributed by atoms with Crippen LogP contribution in [0.1, 0.15) is 30.6 Å². The molecule has 2 fully saturated rings. The Morgan fingerprint density at radius 3 is 2.39 bits per heavy atom. The molecule has 0 amide bonds. The quantitative estimate of drug-likeness (QED) is 0.788. The van der Waals surface area contributed by atoms with Crippen molar-refractivity contribution in [3.8, 4) is 0 Å². The van der Waals surface area contributed by atoms with Crippen molar-refractivity contribution in [2.24, 2.45) is 0 Å². The smallest absolute Gasteiger partial charge is 0.206 e. The van der Waals surface area contributed by atoms with Gasteiger partial charge in [0.05, 0.1) is 0 Å². The first-order chi connectivity index (χ1) is 8.48. The number of hydrogen-bond donors (Lipinski definition) is 0. The number of piperidine rings is 1. The lowest BCUT2D eigenvalue weighted by Crippen LogP contribution is -2.46. The van der Waals surface area contributed by atoms with E-state index in [0.717, 1.165) is 30.6 Å². The Morgan fingerprint density at radius 1 is 1.28 bits per heavy atom. The number of aryl methyl sites for hydroxylation is 1. The molecule has 6 heteroatoms. The van der Waals surface area contributed by atoms with Crippen molar-refractivity contribution in [3.63, 3.8) is 0 Å². The van der Waals surface area contributed by atoms with Crippen molar-refractivity contribution in [1.82, 2.24) is 4.31 Å². The summed E-state index contributed by atoms with van der Waals surface area (Å²) in [6.07, 6.45) is 3.50. The molecule has 0 saturated carbocycles. The van der Waals surface area contributed by atoms with Gasteiger partial charge in [0.25, 0.3) is 10.0 Å². The zero-order chi connectivity index (χ0) is 12.9. The molecular formula is C12H16ClNO2S2. The van der Waals surface area contributed by atoms with Crippen molar-refractivity contribution in [3.05, 3.63) is 17.0 Å². The van der Waals surface area contributed by atoms with Gasteiger partial charge in [0.1, 0.15) is 4.21 Å². The van der Waals surface area contributed by atoms with E-state index in [9.17, 15) is 8.42 Å². The van der Waals surface area contributed by atoms with Crippen LogP contribution in [-0.4, -0.2) is 30.2 Å². The zero-order valence-electron chi connectivity index (χ0n) is 10.2. The molecule has 0 N–H and O–H groups in total. The Bertz CT molecular complexity index is 540. The van der Waals surface area contributed by atoms with Gasteiger partial charge in [-0.3, -0.25) is 0 Å². The average Bonchev–Trinajstić information content (AvgIpc) is 2.83. The monoisotopic (exact) mass is 305 g/mol. The van der Waals surface area contributed by atoms with E-state index in [1.54, 1.807) is 10.4 Å². The molecule has 3 heterocycles. The first kappa shape index (κ1) is 12.9. The van der Waals surface area contributed by atoms with Gasteiger partial charge in [-0.15, -0.1) is 22.9 Å². The summed E-state index contributed by atoms with van der Waals surface area (Å²) in [5, 5.41) is 0.138. The lowest BCUT2D eigenvalue weighted by Gasteiger charge is -2.35. The Balaban J connectivity index is 1.96. The van der Waals surface area contributed by atoms with Gasteiger partial charge in [-0.05, 0) is 44.7 Å². The Morgan fingerprint density at radius 2 is 1.89 bits per heavy atom. The van der Waals surface area contributed by atoms with Gasteiger partial charge < -0.3 is 0 Å². The number of hydrogen-bond acceptors (Lipinski definition) is 3. The molecule has 2 aliphatic rings. The molecule has 1 aromatic heterocycles. The Kier molecular flexibility index (Phi) is 3.21. The summed E-state index contributed by atoms with van der Waals surface area (Å²) < 4.78 is 27.5.